The molecule has 0 spiro atoms. The Hall–Kier alpha value is -3.69. The van der Waals surface area contributed by atoms with E-state index in [1.807, 2.05) is 0 Å². The zero-order valence-electron chi connectivity index (χ0n) is 14.6. The molecule has 2 aromatic rings. The highest BCUT2D eigenvalue weighted by Crippen LogP contribution is 2.10. The highest BCUT2D eigenvalue weighted by molar-refractivity contribution is 5.86. The first kappa shape index (κ1) is 20.6. The molecule has 0 saturated heterocycles. The van der Waals surface area contributed by atoms with Crippen LogP contribution in [0.3, 0.4) is 0 Å². The first-order chi connectivity index (χ1) is 13.4. The number of amides is 4. The van der Waals surface area contributed by atoms with E-state index in [-0.39, 0.29) is 18.9 Å². The smallest absolute Gasteiger partial charge is 0.315 e. The van der Waals surface area contributed by atoms with E-state index in [4.69, 9.17) is 4.74 Å². The molecule has 0 aliphatic carbocycles. The van der Waals surface area contributed by atoms with Crippen molar-refractivity contribution >= 4 is 17.8 Å². The molecule has 0 saturated carbocycles. The minimum Gasteiger partial charge on any atom is -0.484 e. The molecule has 0 radical (unpaired) electrons. The molecule has 0 bridgehead atoms. The third kappa shape index (κ3) is 7.68. The number of rotatable bonds is 7. The minimum atomic E-state index is -0.660. The van der Waals surface area contributed by atoms with Gasteiger partial charge in [0.2, 0.25) is 0 Å². The van der Waals surface area contributed by atoms with E-state index in [1.165, 1.54) is 48.5 Å². The number of carbonyl (C=O) groups is 3. The number of nitrogens with one attached hydrogen (secondary N) is 4. The Balaban J connectivity index is 1.58. The molecule has 4 amide bonds. The van der Waals surface area contributed by atoms with Gasteiger partial charge in [-0.25, -0.2) is 13.6 Å². The molecule has 0 fully saturated rings. The van der Waals surface area contributed by atoms with Gasteiger partial charge in [-0.05, 0) is 42.0 Å². The van der Waals surface area contributed by atoms with E-state index < -0.39 is 30.3 Å². The summed E-state index contributed by atoms with van der Waals surface area (Å²) in [7, 11) is 0. The van der Waals surface area contributed by atoms with E-state index in [1.54, 1.807) is 0 Å². The Kier molecular flexibility index (Phi) is 7.70. The van der Waals surface area contributed by atoms with Crippen molar-refractivity contribution in [1.82, 2.24) is 21.5 Å². The van der Waals surface area contributed by atoms with E-state index in [0.717, 1.165) is 0 Å². The van der Waals surface area contributed by atoms with Gasteiger partial charge in [-0.2, -0.15) is 0 Å². The maximum Gasteiger partial charge on any atom is 0.315 e. The molecule has 0 aliphatic rings. The van der Waals surface area contributed by atoms with Gasteiger partial charge < -0.3 is 15.4 Å². The summed E-state index contributed by atoms with van der Waals surface area (Å²) in [4.78, 5) is 34.7. The number of carbonyl (C=O) groups excluding carboxylic acids is 3. The topological polar surface area (TPSA) is 109 Å². The van der Waals surface area contributed by atoms with Crippen LogP contribution in [0.2, 0.25) is 0 Å². The van der Waals surface area contributed by atoms with Gasteiger partial charge in [-0.1, -0.05) is 12.1 Å². The van der Waals surface area contributed by atoms with Gasteiger partial charge >= 0.3 is 6.03 Å². The summed E-state index contributed by atoms with van der Waals surface area (Å²) in [5.41, 5.74) is 4.90. The lowest BCUT2D eigenvalue weighted by atomic mass is 10.2. The Morgan fingerprint density at radius 1 is 0.786 bits per heavy atom. The van der Waals surface area contributed by atoms with Gasteiger partial charge in [0.15, 0.2) is 6.61 Å². The minimum absolute atomic E-state index is 0.158. The zero-order chi connectivity index (χ0) is 20.4. The predicted octanol–water partition coefficient (Wildman–Crippen LogP) is 0.990. The average Bonchev–Trinajstić information content (AvgIpc) is 2.69. The standard InChI is InChI=1S/C18H18F2N4O4/c19-13-3-1-12(2-4-13)9-21-18(27)22-10-16(25)23-24-17(26)11-28-15-7-5-14(20)6-8-15/h1-8H,9-11H2,(H,23,25)(H,24,26)(H2,21,22,27). The summed E-state index contributed by atoms with van der Waals surface area (Å²) >= 11 is 0. The average molecular weight is 392 g/mol. The summed E-state index contributed by atoms with van der Waals surface area (Å²) < 4.78 is 30.6. The van der Waals surface area contributed by atoms with Crippen molar-refractivity contribution in [3.63, 3.8) is 0 Å². The highest BCUT2D eigenvalue weighted by Gasteiger charge is 2.08. The Morgan fingerprint density at radius 3 is 2.00 bits per heavy atom. The second-order valence-corrected chi connectivity index (χ2v) is 5.50. The second-order valence-electron chi connectivity index (χ2n) is 5.50. The molecule has 4 N–H and O–H groups in total. The molecule has 148 valence electrons. The molecule has 28 heavy (non-hydrogen) atoms. The van der Waals surface area contributed by atoms with Crippen LogP contribution in [0.4, 0.5) is 13.6 Å². The molecule has 0 aromatic heterocycles. The number of benzene rings is 2. The first-order valence-corrected chi connectivity index (χ1v) is 8.14. The van der Waals surface area contributed by atoms with Crippen LogP contribution in [-0.2, 0) is 16.1 Å². The maximum atomic E-state index is 12.8. The van der Waals surface area contributed by atoms with Crippen LogP contribution in [0.1, 0.15) is 5.56 Å². The van der Waals surface area contributed by atoms with Crippen molar-refractivity contribution in [2.45, 2.75) is 6.54 Å². The summed E-state index contributed by atoms with van der Waals surface area (Å²) in [6.07, 6.45) is 0. The van der Waals surface area contributed by atoms with Crippen LogP contribution in [0, 0.1) is 11.6 Å². The van der Waals surface area contributed by atoms with Gasteiger partial charge in [0.05, 0.1) is 0 Å². The zero-order valence-corrected chi connectivity index (χ0v) is 14.6. The number of hydrogen-bond donors (Lipinski definition) is 4. The molecular weight excluding hydrogens is 374 g/mol. The number of ether oxygens (including phenoxy) is 1. The molecular formula is C18H18F2N4O4. The first-order valence-electron chi connectivity index (χ1n) is 8.14. The number of urea groups is 1. The van der Waals surface area contributed by atoms with Crippen molar-refractivity contribution in [2.75, 3.05) is 13.2 Å². The fraction of sp³-hybridized carbons (Fsp3) is 0.167. The predicted molar refractivity (Wildman–Crippen MR) is 94.8 cm³/mol. The SMILES string of the molecule is O=C(CNC(=O)NCc1ccc(F)cc1)NNC(=O)COc1ccc(F)cc1. The lowest BCUT2D eigenvalue weighted by Crippen LogP contribution is -2.49. The quantitative estimate of drug-likeness (QED) is 0.527. The van der Waals surface area contributed by atoms with Gasteiger partial charge in [0, 0.05) is 6.54 Å². The highest BCUT2D eigenvalue weighted by atomic mass is 19.1. The summed E-state index contributed by atoms with van der Waals surface area (Å²) in [5.74, 6) is -1.82. The molecule has 0 heterocycles. The van der Waals surface area contributed by atoms with Crippen molar-refractivity contribution in [3.8, 4) is 5.75 Å². The summed E-state index contributed by atoms with van der Waals surface area (Å²) in [5, 5.41) is 4.79. The van der Waals surface area contributed by atoms with Gasteiger partial charge in [0.1, 0.15) is 23.9 Å². The third-order valence-corrected chi connectivity index (χ3v) is 3.30. The molecule has 10 heteroatoms. The number of hydrazine groups is 1. The van der Waals surface area contributed by atoms with Gasteiger partial charge in [-0.15, -0.1) is 0 Å². The van der Waals surface area contributed by atoms with Crippen LogP contribution in [0.15, 0.2) is 48.5 Å². The lowest BCUT2D eigenvalue weighted by Gasteiger charge is -2.10. The monoisotopic (exact) mass is 392 g/mol. The molecule has 2 aromatic carbocycles. The van der Waals surface area contributed by atoms with Gasteiger partial charge in [-0.3, -0.25) is 20.4 Å². The second kappa shape index (κ2) is 10.5. The fourth-order valence-corrected chi connectivity index (χ4v) is 1.91. The number of hydrogen-bond acceptors (Lipinski definition) is 4. The number of halogens is 2. The van der Waals surface area contributed by atoms with E-state index >= 15 is 0 Å². The van der Waals surface area contributed by atoms with Crippen LogP contribution in [0.5, 0.6) is 5.75 Å². The van der Waals surface area contributed by atoms with Crippen LogP contribution < -0.4 is 26.2 Å². The van der Waals surface area contributed by atoms with Crippen LogP contribution in [-0.4, -0.2) is 31.0 Å². The Bertz CT molecular complexity index is 746. The fourth-order valence-electron chi connectivity index (χ4n) is 1.91. The Morgan fingerprint density at radius 2 is 1.36 bits per heavy atom. The molecule has 0 atom stereocenters. The van der Waals surface area contributed by atoms with Crippen LogP contribution >= 0.6 is 0 Å². The van der Waals surface area contributed by atoms with Crippen molar-refractivity contribution in [1.29, 1.82) is 0 Å². The van der Waals surface area contributed by atoms with E-state index in [0.29, 0.717) is 11.3 Å². The largest absolute Gasteiger partial charge is 0.484 e. The van der Waals surface area contributed by atoms with Crippen molar-refractivity contribution in [3.05, 3.63) is 65.7 Å². The summed E-state index contributed by atoms with van der Waals surface area (Å²) in [6.45, 7) is -0.614. The van der Waals surface area contributed by atoms with Crippen LogP contribution in [0.25, 0.3) is 0 Å². The molecule has 8 nitrogen and oxygen atoms in total. The summed E-state index contributed by atoms with van der Waals surface area (Å²) in [6, 6.07) is 10.0. The molecule has 0 aliphatic heterocycles. The van der Waals surface area contributed by atoms with Crippen molar-refractivity contribution < 1.29 is 27.9 Å². The molecule has 0 unspecified atom stereocenters. The normalized spacial score (nSPS) is 9.93. The van der Waals surface area contributed by atoms with E-state index in [9.17, 15) is 23.2 Å². The lowest BCUT2D eigenvalue weighted by molar-refractivity contribution is -0.129. The van der Waals surface area contributed by atoms with Crippen molar-refractivity contribution in [2.24, 2.45) is 0 Å². The van der Waals surface area contributed by atoms with Gasteiger partial charge in [0.25, 0.3) is 11.8 Å². The molecule has 2 rings (SSSR count). The third-order valence-electron chi connectivity index (χ3n) is 3.30. The van der Waals surface area contributed by atoms with E-state index in [2.05, 4.69) is 21.5 Å². The Labute approximate surface area is 159 Å². The maximum absolute atomic E-state index is 12.8.